The predicted octanol–water partition coefficient (Wildman–Crippen LogP) is 2.34. The number of amides is 1. The highest BCUT2D eigenvalue weighted by atomic mass is 35.5. The maximum absolute atomic E-state index is 12.5. The van der Waals surface area contributed by atoms with E-state index in [2.05, 4.69) is 16.1 Å². The highest BCUT2D eigenvalue weighted by Crippen LogP contribution is 2.15. The van der Waals surface area contributed by atoms with Crippen LogP contribution in [0.4, 0.5) is 0 Å². The highest BCUT2D eigenvalue weighted by Gasteiger charge is 2.24. The van der Waals surface area contributed by atoms with Crippen molar-refractivity contribution in [1.29, 1.82) is 0 Å². The molecule has 0 aliphatic carbocycles. The molecule has 2 heterocycles. The number of aryl methyl sites for hydroxylation is 2. The summed E-state index contributed by atoms with van der Waals surface area (Å²) in [5.41, 5.74) is 2.74. The Morgan fingerprint density at radius 3 is 2.57 bits per heavy atom. The van der Waals surface area contributed by atoms with Gasteiger partial charge in [-0.05, 0) is 30.7 Å². The highest BCUT2D eigenvalue weighted by molar-refractivity contribution is 6.30. The Balaban J connectivity index is 1.56. The Morgan fingerprint density at radius 1 is 1.22 bits per heavy atom. The molecule has 1 saturated heterocycles. The van der Waals surface area contributed by atoms with Gasteiger partial charge in [0.15, 0.2) is 5.69 Å². The lowest BCUT2D eigenvalue weighted by molar-refractivity contribution is 0.0622. The third kappa shape index (κ3) is 3.74. The van der Waals surface area contributed by atoms with Gasteiger partial charge in [-0.3, -0.25) is 14.4 Å². The van der Waals surface area contributed by atoms with Crippen LogP contribution in [0, 0.1) is 6.92 Å². The summed E-state index contributed by atoms with van der Waals surface area (Å²) in [5, 5.41) is 5.04. The van der Waals surface area contributed by atoms with Gasteiger partial charge in [-0.1, -0.05) is 23.7 Å². The first-order chi connectivity index (χ1) is 11.0. The minimum atomic E-state index is 0.0242. The number of carbonyl (C=O) groups is 1. The number of piperazine rings is 1. The molecule has 3 rings (SSSR count). The fraction of sp³-hybridized carbons (Fsp3) is 0.412. The second-order valence-electron chi connectivity index (χ2n) is 5.99. The molecule has 122 valence electrons. The van der Waals surface area contributed by atoms with Crippen LogP contribution in [0.3, 0.4) is 0 Å². The second kappa shape index (κ2) is 6.72. The monoisotopic (exact) mass is 332 g/mol. The first-order valence-electron chi connectivity index (χ1n) is 7.79. The van der Waals surface area contributed by atoms with Crippen molar-refractivity contribution in [2.24, 2.45) is 7.05 Å². The fourth-order valence-corrected chi connectivity index (χ4v) is 3.04. The average Bonchev–Trinajstić information content (AvgIpc) is 2.87. The van der Waals surface area contributed by atoms with Crippen LogP contribution in [-0.4, -0.2) is 51.7 Å². The van der Waals surface area contributed by atoms with Crippen LogP contribution in [0.2, 0.25) is 5.02 Å². The van der Waals surface area contributed by atoms with Crippen molar-refractivity contribution < 1.29 is 4.79 Å². The minimum absolute atomic E-state index is 0.0242. The lowest BCUT2D eigenvalue weighted by Gasteiger charge is -2.34. The quantitative estimate of drug-likeness (QED) is 0.866. The Labute approximate surface area is 141 Å². The molecule has 6 heteroatoms. The summed E-state index contributed by atoms with van der Waals surface area (Å²) in [4.78, 5) is 16.7. The maximum atomic E-state index is 12.5. The summed E-state index contributed by atoms with van der Waals surface area (Å²) in [6, 6.07) is 9.79. The van der Waals surface area contributed by atoms with Gasteiger partial charge in [-0.2, -0.15) is 5.10 Å². The van der Waals surface area contributed by atoms with E-state index < -0.39 is 0 Å². The van der Waals surface area contributed by atoms with Crippen LogP contribution in [0.1, 0.15) is 21.7 Å². The van der Waals surface area contributed by atoms with Gasteiger partial charge in [0.2, 0.25) is 0 Å². The summed E-state index contributed by atoms with van der Waals surface area (Å²) in [7, 11) is 1.86. The molecule has 1 aliphatic heterocycles. The molecule has 2 aromatic rings. The predicted molar refractivity (Wildman–Crippen MR) is 90.6 cm³/mol. The van der Waals surface area contributed by atoms with Gasteiger partial charge in [-0.15, -0.1) is 0 Å². The average molecular weight is 333 g/mol. The molecule has 5 nitrogen and oxygen atoms in total. The molecule has 1 aromatic heterocycles. The molecule has 0 spiro atoms. The van der Waals surface area contributed by atoms with Crippen LogP contribution in [0.25, 0.3) is 0 Å². The van der Waals surface area contributed by atoms with E-state index in [9.17, 15) is 4.79 Å². The standard InChI is InChI=1S/C17H21ClN4O/c1-13-10-16(19-20(13)2)17(23)22-8-6-21(7-9-22)12-14-4-3-5-15(18)11-14/h3-5,10-11H,6-9,12H2,1-2H3. The van der Waals surface area contributed by atoms with Crippen molar-refractivity contribution in [2.45, 2.75) is 13.5 Å². The van der Waals surface area contributed by atoms with Crippen LogP contribution >= 0.6 is 11.6 Å². The Kier molecular flexibility index (Phi) is 4.68. The van der Waals surface area contributed by atoms with E-state index in [4.69, 9.17) is 11.6 Å². The molecule has 1 aromatic carbocycles. The molecular weight excluding hydrogens is 312 g/mol. The summed E-state index contributed by atoms with van der Waals surface area (Å²) < 4.78 is 1.74. The third-order valence-corrected chi connectivity index (χ3v) is 4.52. The van der Waals surface area contributed by atoms with E-state index in [1.165, 1.54) is 5.56 Å². The van der Waals surface area contributed by atoms with Crippen LogP contribution in [0.5, 0.6) is 0 Å². The fourth-order valence-electron chi connectivity index (χ4n) is 2.83. The normalized spacial score (nSPS) is 15.9. The topological polar surface area (TPSA) is 41.4 Å². The molecule has 0 bridgehead atoms. The molecule has 0 radical (unpaired) electrons. The molecule has 0 unspecified atom stereocenters. The number of hydrogen-bond donors (Lipinski definition) is 0. The molecule has 0 saturated carbocycles. The van der Waals surface area contributed by atoms with Crippen molar-refractivity contribution in [3.63, 3.8) is 0 Å². The second-order valence-corrected chi connectivity index (χ2v) is 6.43. The number of nitrogens with zero attached hydrogens (tertiary/aromatic N) is 4. The van der Waals surface area contributed by atoms with Gasteiger partial charge in [-0.25, -0.2) is 0 Å². The SMILES string of the molecule is Cc1cc(C(=O)N2CCN(Cc3cccc(Cl)c3)CC2)nn1C. The van der Waals surface area contributed by atoms with Crippen molar-refractivity contribution in [3.05, 3.63) is 52.3 Å². The molecule has 0 N–H and O–H groups in total. The Bertz CT molecular complexity index is 685. The number of hydrogen-bond acceptors (Lipinski definition) is 3. The first kappa shape index (κ1) is 16.0. The van der Waals surface area contributed by atoms with Crippen molar-refractivity contribution in [1.82, 2.24) is 19.6 Å². The zero-order valence-electron chi connectivity index (χ0n) is 13.5. The van der Waals surface area contributed by atoms with Gasteiger partial charge < -0.3 is 4.90 Å². The minimum Gasteiger partial charge on any atom is -0.335 e. The summed E-state index contributed by atoms with van der Waals surface area (Å²) in [6.07, 6.45) is 0. The van der Waals surface area contributed by atoms with E-state index >= 15 is 0 Å². The zero-order chi connectivity index (χ0) is 16.4. The Morgan fingerprint density at radius 2 is 1.96 bits per heavy atom. The Hall–Kier alpha value is -1.85. The first-order valence-corrected chi connectivity index (χ1v) is 8.17. The number of benzene rings is 1. The third-order valence-electron chi connectivity index (χ3n) is 4.29. The van der Waals surface area contributed by atoms with Crippen molar-refractivity contribution in [3.8, 4) is 0 Å². The van der Waals surface area contributed by atoms with Gasteiger partial charge >= 0.3 is 0 Å². The van der Waals surface area contributed by atoms with Gasteiger partial charge in [0.05, 0.1) is 0 Å². The maximum Gasteiger partial charge on any atom is 0.274 e. The number of aromatic nitrogens is 2. The summed E-state index contributed by atoms with van der Waals surface area (Å²) in [6.45, 7) is 6.01. The van der Waals surface area contributed by atoms with Gasteiger partial charge in [0.1, 0.15) is 0 Å². The number of rotatable bonds is 3. The molecule has 0 atom stereocenters. The van der Waals surface area contributed by atoms with E-state index in [1.54, 1.807) is 4.68 Å². The largest absolute Gasteiger partial charge is 0.335 e. The molecule has 1 fully saturated rings. The van der Waals surface area contributed by atoms with Crippen molar-refractivity contribution >= 4 is 17.5 Å². The molecule has 23 heavy (non-hydrogen) atoms. The zero-order valence-corrected chi connectivity index (χ0v) is 14.3. The number of carbonyl (C=O) groups excluding carboxylic acids is 1. The van der Waals surface area contributed by atoms with E-state index in [0.29, 0.717) is 5.69 Å². The van der Waals surface area contributed by atoms with E-state index in [1.807, 2.05) is 43.1 Å². The summed E-state index contributed by atoms with van der Waals surface area (Å²) in [5.74, 6) is 0.0242. The van der Waals surface area contributed by atoms with Crippen molar-refractivity contribution in [2.75, 3.05) is 26.2 Å². The van der Waals surface area contributed by atoms with Gasteiger partial charge in [0.25, 0.3) is 5.91 Å². The summed E-state index contributed by atoms with van der Waals surface area (Å²) >= 11 is 6.03. The van der Waals surface area contributed by atoms with E-state index in [0.717, 1.165) is 43.4 Å². The lowest BCUT2D eigenvalue weighted by atomic mass is 10.2. The van der Waals surface area contributed by atoms with Gasteiger partial charge in [0, 0.05) is 50.5 Å². The molecular formula is C17H21ClN4O. The van der Waals surface area contributed by atoms with Crippen LogP contribution in [0.15, 0.2) is 30.3 Å². The van der Waals surface area contributed by atoms with Crippen LogP contribution < -0.4 is 0 Å². The lowest BCUT2D eigenvalue weighted by Crippen LogP contribution is -2.48. The number of halogens is 1. The smallest absolute Gasteiger partial charge is 0.274 e. The molecule has 1 amide bonds. The van der Waals surface area contributed by atoms with Crippen LogP contribution in [-0.2, 0) is 13.6 Å². The molecule has 1 aliphatic rings. The van der Waals surface area contributed by atoms with E-state index in [-0.39, 0.29) is 5.91 Å².